The highest BCUT2D eigenvalue weighted by Gasteiger charge is 2.63. The van der Waals surface area contributed by atoms with Gasteiger partial charge in [0.2, 0.25) is 5.91 Å². The van der Waals surface area contributed by atoms with Crippen molar-refractivity contribution in [3.8, 4) is 17.2 Å². The molecule has 3 fully saturated rings. The van der Waals surface area contributed by atoms with E-state index in [-0.39, 0.29) is 18.5 Å². The number of amides is 1. The van der Waals surface area contributed by atoms with Gasteiger partial charge in [0, 0.05) is 23.6 Å². The number of carbonyl (C=O) groups is 1. The smallest absolute Gasteiger partial charge is 0.336 e. The molecule has 6 nitrogen and oxygen atoms in total. The van der Waals surface area contributed by atoms with Crippen molar-refractivity contribution >= 4 is 15.9 Å². The molecule has 36 heavy (non-hydrogen) atoms. The molecule has 0 radical (unpaired) electrons. The number of halogens is 3. The number of benzene rings is 2. The van der Waals surface area contributed by atoms with E-state index in [1.165, 1.54) is 4.90 Å². The molecule has 2 saturated carbocycles. The van der Waals surface area contributed by atoms with E-state index in [1.54, 1.807) is 42.5 Å². The number of alkyl halides is 2. The maximum Gasteiger partial charge on any atom is 0.350 e. The minimum absolute atomic E-state index is 0.0715. The summed E-state index contributed by atoms with van der Waals surface area (Å²) in [6.07, 6.45) is 2.54. The number of nitriles is 1. The van der Waals surface area contributed by atoms with Crippen LogP contribution in [0.1, 0.15) is 37.7 Å². The Kier molecular flexibility index (Phi) is 6.12. The molecule has 190 valence electrons. The Hall–Kier alpha value is -2.90. The van der Waals surface area contributed by atoms with E-state index in [4.69, 9.17) is 0 Å². The molecule has 1 heterocycles. The van der Waals surface area contributed by atoms with E-state index in [1.807, 2.05) is 6.07 Å². The van der Waals surface area contributed by atoms with Crippen LogP contribution in [0.5, 0.6) is 0 Å². The van der Waals surface area contributed by atoms with Crippen LogP contribution in [0.15, 0.2) is 48.5 Å². The van der Waals surface area contributed by atoms with E-state index in [0.717, 1.165) is 6.42 Å². The minimum atomic E-state index is -4.96. The van der Waals surface area contributed by atoms with Crippen molar-refractivity contribution < 1.29 is 26.4 Å². The molecule has 1 amide bonds. The quantitative estimate of drug-likeness (QED) is 0.595. The highest BCUT2D eigenvalue weighted by molar-refractivity contribution is 7.89. The van der Waals surface area contributed by atoms with Crippen LogP contribution in [0.4, 0.5) is 13.2 Å². The van der Waals surface area contributed by atoms with Crippen molar-refractivity contribution in [2.75, 3.05) is 6.54 Å². The van der Waals surface area contributed by atoms with Crippen LogP contribution in [0.25, 0.3) is 11.1 Å². The third-order valence-electron chi connectivity index (χ3n) is 8.03. The van der Waals surface area contributed by atoms with Gasteiger partial charge in [-0.15, -0.1) is 0 Å². The molecule has 2 atom stereocenters. The average molecular weight is 518 g/mol. The summed E-state index contributed by atoms with van der Waals surface area (Å²) in [5.41, 5.74) is -0.645. The molecule has 1 spiro atoms. The zero-order valence-electron chi connectivity index (χ0n) is 19.5. The number of rotatable bonds is 7. The summed E-state index contributed by atoms with van der Waals surface area (Å²) < 4.78 is 68.9. The molecule has 0 unspecified atom stereocenters. The fourth-order valence-electron chi connectivity index (χ4n) is 5.64. The van der Waals surface area contributed by atoms with Crippen LogP contribution in [0.3, 0.4) is 0 Å². The van der Waals surface area contributed by atoms with Gasteiger partial charge in [0.15, 0.2) is 0 Å². The molecule has 0 bridgehead atoms. The minimum Gasteiger partial charge on any atom is -0.336 e. The maximum absolute atomic E-state index is 15.7. The molecular formula is C26H26F3N3O3S. The first kappa shape index (κ1) is 24.8. The van der Waals surface area contributed by atoms with Gasteiger partial charge in [-0.1, -0.05) is 48.5 Å². The normalized spacial score (nSPS) is 23.9. The Morgan fingerprint density at radius 3 is 2.36 bits per heavy atom. The lowest BCUT2D eigenvalue weighted by molar-refractivity contribution is -0.144. The Balaban J connectivity index is 1.54. The second-order valence-electron chi connectivity index (χ2n) is 10.2. The van der Waals surface area contributed by atoms with Gasteiger partial charge in [-0.05, 0) is 49.7 Å². The number of nitrogens with zero attached hydrogens (tertiary/aromatic N) is 2. The molecule has 1 N–H and O–H groups in total. The fourth-order valence-corrected chi connectivity index (χ4v) is 6.50. The largest absolute Gasteiger partial charge is 0.350 e. The van der Waals surface area contributed by atoms with Gasteiger partial charge in [-0.25, -0.2) is 17.5 Å². The van der Waals surface area contributed by atoms with Crippen LogP contribution in [-0.2, 0) is 21.2 Å². The number of nitrogens with one attached hydrogen (secondary N) is 1. The standard InChI is InChI=1S/C26H26F3N3O3S/c27-21-18(8-4-9-19(21)17-6-2-1-3-7-17)14-20-22(31-36(34,35)24(28)29)26(12-13-26)16-32(20)23(33)25(15-30)10-5-11-25/h1-4,6-9,20,22,24,31H,5,10-14,16H2/t20-,22+/m0/s1. The Morgan fingerprint density at radius 2 is 1.81 bits per heavy atom. The molecule has 2 aromatic rings. The van der Waals surface area contributed by atoms with Crippen molar-refractivity contribution in [2.24, 2.45) is 10.8 Å². The van der Waals surface area contributed by atoms with Crippen molar-refractivity contribution in [1.82, 2.24) is 9.62 Å². The lowest BCUT2D eigenvalue weighted by Crippen LogP contribution is -2.54. The fraction of sp³-hybridized carbons (Fsp3) is 0.462. The van der Waals surface area contributed by atoms with Gasteiger partial charge in [0.05, 0.1) is 12.1 Å². The molecular weight excluding hydrogens is 491 g/mol. The molecule has 3 aliphatic rings. The number of sulfonamides is 1. The predicted molar refractivity (Wildman–Crippen MR) is 126 cm³/mol. The third kappa shape index (κ3) is 4.08. The summed E-state index contributed by atoms with van der Waals surface area (Å²) in [4.78, 5) is 15.1. The van der Waals surface area contributed by atoms with Crippen molar-refractivity contribution in [2.45, 2.75) is 56.4 Å². The molecule has 2 aliphatic carbocycles. The second kappa shape index (κ2) is 8.89. The lowest BCUT2D eigenvalue weighted by atomic mass is 9.69. The van der Waals surface area contributed by atoms with E-state index in [2.05, 4.69) is 10.8 Å². The average Bonchev–Trinajstić information content (AvgIpc) is 3.55. The van der Waals surface area contributed by atoms with Gasteiger partial charge < -0.3 is 4.90 Å². The zero-order chi connectivity index (χ0) is 25.7. The van der Waals surface area contributed by atoms with E-state index >= 15 is 4.39 Å². The zero-order valence-corrected chi connectivity index (χ0v) is 20.3. The highest BCUT2D eigenvalue weighted by Crippen LogP contribution is 2.57. The maximum atomic E-state index is 15.7. The topological polar surface area (TPSA) is 90.3 Å². The van der Waals surface area contributed by atoms with E-state index in [0.29, 0.717) is 36.8 Å². The van der Waals surface area contributed by atoms with Gasteiger partial charge in [-0.3, -0.25) is 4.79 Å². The molecule has 0 aromatic heterocycles. The second-order valence-corrected chi connectivity index (χ2v) is 11.8. The van der Waals surface area contributed by atoms with Gasteiger partial charge in [-0.2, -0.15) is 14.0 Å². The van der Waals surface area contributed by atoms with Crippen LogP contribution in [0.2, 0.25) is 0 Å². The van der Waals surface area contributed by atoms with Gasteiger partial charge in [0.25, 0.3) is 10.0 Å². The number of likely N-dealkylation sites (tertiary alicyclic amines) is 1. The van der Waals surface area contributed by atoms with Crippen molar-refractivity contribution in [3.63, 3.8) is 0 Å². The summed E-state index contributed by atoms with van der Waals surface area (Å²) in [7, 11) is -4.96. The van der Waals surface area contributed by atoms with Crippen LogP contribution < -0.4 is 4.72 Å². The third-order valence-corrected chi connectivity index (χ3v) is 9.08. The summed E-state index contributed by atoms with van der Waals surface area (Å²) in [6, 6.07) is 14.0. The van der Waals surface area contributed by atoms with E-state index < -0.39 is 50.4 Å². The Morgan fingerprint density at radius 1 is 1.11 bits per heavy atom. The van der Waals surface area contributed by atoms with Crippen LogP contribution >= 0.6 is 0 Å². The first-order valence-corrected chi connectivity index (χ1v) is 13.5. The predicted octanol–water partition coefficient (Wildman–Crippen LogP) is 4.23. The molecule has 10 heteroatoms. The van der Waals surface area contributed by atoms with Crippen LogP contribution in [0, 0.1) is 28.0 Å². The number of hydrogen-bond acceptors (Lipinski definition) is 4. The summed E-state index contributed by atoms with van der Waals surface area (Å²) in [5, 5.41) is 9.75. The number of carbonyl (C=O) groups excluding carboxylic acids is 1. The molecule has 1 saturated heterocycles. The lowest BCUT2D eigenvalue weighted by Gasteiger charge is -2.39. The summed E-state index contributed by atoms with van der Waals surface area (Å²) >= 11 is 0. The molecule has 5 rings (SSSR count). The van der Waals surface area contributed by atoms with Crippen molar-refractivity contribution in [1.29, 1.82) is 5.26 Å². The van der Waals surface area contributed by atoms with Crippen molar-refractivity contribution in [3.05, 3.63) is 59.9 Å². The van der Waals surface area contributed by atoms with E-state index in [9.17, 15) is 27.3 Å². The first-order valence-electron chi connectivity index (χ1n) is 12.0. The van der Waals surface area contributed by atoms with Gasteiger partial charge >= 0.3 is 5.76 Å². The SMILES string of the molecule is N#CC1(C(=O)N2CC3(CC3)[C@H](NS(=O)(=O)C(F)F)[C@@H]2Cc2cccc(-c3ccccc3)c2F)CCC1. The number of hydrogen-bond donors (Lipinski definition) is 1. The Labute approximate surface area is 208 Å². The first-order chi connectivity index (χ1) is 17.1. The summed E-state index contributed by atoms with van der Waals surface area (Å²) in [6.45, 7) is 0.149. The highest BCUT2D eigenvalue weighted by atomic mass is 32.2. The monoisotopic (exact) mass is 517 g/mol. The van der Waals surface area contributed by atoms with Crippen LogP contribution in [-0.4, -0.2) is 43.6 Å². The molecule has 2 aromatic carbocycles. The molecule has 1 aliphatic heterocycles. The summed E-state index contributed by atoms with van der Waals surface area (Å²) in [5.74, 6) is -4.57. The van der Waals surface area contributed by atoms with Gasteiger partial charge in [0.1, 0.15) is 11.2 Å². The Bertz CT molecular complexity index is 1320.